The molecule has 2 rings (SSSR count). The highest BCUT2D eigenvalue weighted by molar-refractivity contribution is 7.09. The molecule has 90 valence electrons. The third-order valence-electron chi connectivity index (χ3n) is 2.99. The Morgan fingerprint density at radius 3 is 2.76 bits per heavy atom. The molecule has 1 unspecified atom stereocenters. The van der Waals surface area contributed by atoms with Crippen molar-refractivity contribution in [2.75, 3.05) is 13.6 Å². The van der Waals surface area contributed by atoms with Gasteiger partial charge in [-0.3, -0.25) is 0 Å². The molecule has 0 bridgehead atoms. The summed E-state index contributed by atoms with van der Waals surface area (Å²) in [6, 6.07) is 13.2. The van der Waals surface area contributed by atoms with Gasteiger partial charge < -0.3 is 5.32 Å². The Labute approximate surface area is 108 Å². The third kappa shape index (κ3) is 3.42. The maximum absolute atomic E-state index is 3.30. The summed E-state index contributed by atoms with van der Waals surface area (Å²) in [4.78, 5) is 1.46. The summed E-state index contributed by atoms with van der Waals surface area (Å²) in [5.74, 6) is 0.568. The zero-order valence-electron chi connectivity index (χ0n) is 10.4. The van der Waals surface area contributed by atoms with Gasteiger partial charge in [0.2, 0.25) is 0 Å². The Kier molecular flexibility index (Phi) is 4.35. The van der Waals surface area contributed by atoms with E-state index in [4.69, 9.17) is 0 Å². The first-order valence-electron chi connectivity index (χ1n) is 6.03. The lowest BCUT2D eigenvalue weighted by molar-refractivity contribution is 0.629. The van der Waals surface area contributed by atoms with E-state index in [-0.39, 0.29) is 0 Å². The van der Waals surface area contributed by atoms with Crippen molar-refractivity contribution < 1.29 is 0 Å². The van der Waals surface area contributed by atoms with E-state index in [1.165, 1.54) is 16.0 Å². The number of aryl methyl sites for hydroxylation is 1. The molecule has 2 aromatic rings. The van der Waals surface area contributed by atoms with Gasteiger partial charge in [0.15, 0.2) is 0 Å². The molecule has 1 aromatic carbocycles. The van der Waals surface area contributed by atoms with Crippen LogP contribution >= 0.6 is 11.3 Å². The zero-order valence-corrected chi connectivity index (χ0v) is 11.3. The molecule has 0 amide bonds. The maximum atomic E-state index is 3.30. The van der Waals surface area contributed by atoms with Gasteiger partial charge in [0.1, 0.15) is 0 Å². The van der Waals surface area contributed by atoms with Crippen molar-refractivity contribution in [1.82, 2.24) is 5.32 Å². The van der Waals surface area contributed by atoms with E-state index in [2.05, 4.69) is 54.0 Å². The summed E-state index contributed by atoms with van der Waals surface area (Å²) in [6.45, 7) is 3.19. The van der Waals surface area contributed by atoms with E-state index in [0.29, 0.717) is 5.92 Å². The van der Waals surface area contributed by atoms with Crippen LogP contribution in [0.5, 0.6) is 0 Å². The van der Waals surface area contributed by atoms with Crippen LogP contribution in [0.2, 0.25) is 0 Å². The minimum Gasteiger partial charge on any atom is -0.319 e. The van der Waals surface area contributed by atoms with Gasteiger partial charge in [-0.25, -0.2) is 0 Å². The van der Waals surface area contributed by atoms with Crippen LogP contribution in [0, 0.1) is 6.92 Å². The molecule has 1 aromatic heterocycles. The van der Waals surface area contributed by atoms with E-state index in [9.17, 15) is 0 Å². The van der Waals surface area contributed by atoms with Crippen molar-refractivity contribution in [3.63, 3.8) is 0 Å². The van der Waals surface area contributed by atoms with Crippen LogP contribution in [0.1, 0.15) is 21.9 Å². The molecule has 0 aliphatic rings. The van der Waals surface area contributed by atoms with Crippen molar-refractivity contribution in [2.24, 2.45) is 0 Å². The summed E-state index contributed by atoms with van der Waals surface area (Å²) >= 11 is 1.85. The lowest BCUT2D eigenvalue weighted by Gasteiger charge is -2.16. The topological polar surface area (TPSA) is 12.0 Å². The minimum atomic E-state index is 0.568. The van der Waals surface area contributed by atoms with Crippen molar-refractivity contribution >= 4 is 11.3 Å². The van der Waals surface area contributed by atoms with E-state index in [0.717, 1.165) is 13.0 Å². The van der Waals surface area contributed by atoms with Gasteiger partial charge in [-0.2, -0.15) is 0 Å². The number of benzene rings is 1. The minimum absolute atomic E-state index is 0.568. The summed E-state index contributed by atoms with van der Waals surface area (Å²) in [6.07, 6.45) is 1.13. The first kappa shape index (κ1) is 12.3. The van der Waals surface area contributed by atoms with Gasteiger partial charge in [-0.05, 0) is 37.4 Å². The molecule has 0 saturated heterocycles. The molecule has 0 radical (unpaired) electrons. The third-order valence-corrected chi connectivity index (χ3v) is 3.89. The van der Waals surface area contributed by atoms with Crippen LogP contribution in [-0.2, 0) is 6.42 Å². The lowest BCUT2D eigenvalue weighted by atomic mass is 9.94. The number of likely N-dealkylation sites (N-methyl/N-ethyl adjacent to an activating group) is 1. The summed E-state index contributed by atoms with van der Waals surface area (Å²) in [5, 5.41) is 5.46. The fourth-order valence-corrected chi connectivity index (χ4v) is 2.94. The fraction of sp³-hybridized carbons (Fsp3) is 0.333. The molecular formula is C15H19NS. The quantitative estimate of drug-likeness (QED) is 0.848. The molecule has 1 atom stereocenters. The first-order chi connectivity index (χ1) is 8.29. The van der Waals surface area contributed by atoms with E-state index in [1.807, 2.05) is 18.4 Å². The smallest absolute Gasteiger partial charge is 0.00517 e. The van der Waals surface area contributed by atoms with Crippen molar-refractivity contribution in [3.8, 4) is 0 Å². The average Bonchev–Trinajstić information content (AvgIpc) is 2.81. The van der Waals surface area contributed by atoms with Crippen LogP contribution in [0.4, 0.5) is 0 Å². The summed E-state index contributed by atoms with van der Waals surface area (Å²) in [7, 11) is 2.03. The molecule has 0 aliphatic heterocycles. The monoisotopic (exact) mass is 245 g/mol. The highest BCUT2D eigenvalue weighted by Gasteiger charge is 2.12. The van der Waals surface area contributed by atoms with Crippen LogP contribution < -0.4 is 5.32 Å². The van der Waals surface area contributed by atoms with E-state index in [1.54, 1.807) is 0 Å². The highest BCUT2D eigenvalue weighted by atomic mass is 32.1. The number of hydrogen-bond donors (Lipinski definition) is 1. The van der Waals surface area contributed by atoms with Gasteiger partial charge in [0.25, 0.3) is 0 Å². The molecule has 1 heterocycles. The molecule has 0 fully saturated rings. The maximum Gasteiger partial charge on any atom is 0.00517 e. The van der Waals surface area contributed by atoms with E-state index >= 15 is 0 Å². The Morgan fingerprint density at radius 1 is 1.24 bits per heavy atom. The Bertz CT molecular complexity index is 448. The lowest BCUT2D eigenvalue weighted by Crippen LogP contribution is -2.18. The van der Waals surface area contributed by atoms with Crippen LogP contribution in [0.15, 0.2) is 41.8 Å². The number of rotatable bonds is 5. The van der Waals surface area contributed by atoms with Gasteiger partial charge in [0, 0.05) is 17.3 Å². The predicted molar refractivity (Wildman–Crippen MR) is 75.9 cm³/mol. The highest BCUT2D eigenvalue weighted by Crippen LogP contribution is 2.23. The average molecular weight is 245 g/mol. The predicted octanol–water partition coefficient (Wildman–Crippen LogP) is 3.60. The molecule has 17 heavy (non-hydrogen) atoms. The van der Waals surface area contributed by atoms with E-state index < -0.39 is 0 Å². The molecular weight excluding hydrogens is 226 g/mol. The molecule has 2 heteroatoms. The Hall–Kier alpha value is -1.12. The van der Waals surface area contributed by atoms with Crippen molar-refractivity contribution in [1.29, 1.82) is 0 Å². The Morgan fingerprint density at radius 2 is 2.12 bits per heavy atom. The van der Waals surface area contributed by atoms with Gasteiger partial charge in [0.05, 0.1) is 0 Å². The molecule has 0 aliphatic carbocycles. The summed E-state index contributed by atoms with van der Waals surface area (Å²) < 4.78 is 0. The Balaban J connectivity index is 2.16. The molecule has 0 spiro atoms. The normalized spacial score (nSPS) is 12.6. The van der Waals surface area contributed by atoms with Crippen LogP contribution in [0.25, 0.3) is 0 Å². The molecule has 0 saturated carbocycles. The van der Waals surface area contributed by atoms with Crippen LogP contribution in [-0.4, -0.2) is 13.6 Å². The standard InChI is InChI=1S/C15H19NS/c1-12-5-3-6-13(9-12)14(11-16-2)10-15-7-4-8-17-15/h3-9,14,16H,10-11H2,1-2H3. The second-order valence-electron chi connectivity index (χ2n) is 4.45. The van der Waals surface area contributed by atoms with Crippen LogP contribution in [0.3, 0.4) is 0 Å². The number of nitrogens with one attached hydrogen (secondary N) is 1. The van der Waals surface area contributed by atoms with Gasteiger partial charge in [-0.15, -0.1) is 11.3 Å². The number of hydrogen-bond acceptors (Lipinski definition) is 2. The second-order valence-corrected chi connectivity index (χ2v) is 5.48. The molecule has 1 N–H and O–H groups in total. The number of thiophene rings is 1. The zero-order chi connectivity index (χ0) is 12.1. The van der Waals surface area contributed by atoms with Crippen molar-refractivity contribution in [2.45, 2.75) is 19.3 Å². The van der Waals surface area contributed by atoms with Crippen molar-refractivity contribution in [3.05, 3.63) is 57.8 Å². The first-order valence-corrected chi connectivity index (χ1v) is 6.91. The second kappa shape index (κ2) is 5.99. The largest absolute Gasteiger partial charge is 0.319 e. The van der Waals surface area contributed by atoms with Gasteiger partial charge in [-0.1, -0.05) is 35.9 Å². The van der Waals surface area contributed by atoms with Gasteiger partial charge >= 0.3 is 0 Å². The summed E-state index contributed by atoms with van der Waals surface area (Å²) in [5.41, 5.74) is 2.78. The molecule has 1 nitrogen and oxygen atoms in total. The fourth-order valence-electron chi connectivity index (χ4n) is 2.15. The SMILES string of the molecule is CNCC(Cc1cccs1)c1cccc(C)c1.